The molecule has 0 aliphatic heterocycles. The van der Waals surface area contributed by atoms with Gasteiger partial charge in [-0.15, -0.1) is 0 Å². The predicted octanol–water partition coefficient (Wildman–Crippen LogP) is 4.71. The number of aliphatic hydroxyl groups is 1. The summed E-state index contributed by atoms with van der Waals surface area (Å²) in [6.45, 7) is 12.7. The van der Waals surface area contributed by atoms with Gasteiger partial charge in [0, 0.05) is 5.92 Å². The van der Waals surface area contributed by atoms with E-state index in [0.29, 0.717) is 11.8 Å². The molecule has 0 spiro atoms. The second-order valence-electron chi connectivity index (χ2n) is 6.66. The number of rotatable bonds is 5. The Hall–Kier alpha value is -0.820. The Morgan fingerprint density at radius 2 is 1.39 bits per heavy atom. The second kappa shape index (κ2) is 5.88. The first-order valence-corrected chi connectivity index (χ1v) is 7.04. The van der Waals surface area contributed by atoms with Crippen LogP contribution in [0.5, 0.6) is 0 Å². The molecule has 0 radical (unpaired) electrons. The van der Waals surface area contributed by atoms with Gasteiger partial charge in [0.25, 0.3) is 0 Å². The van der Waals surface area contributed by atoms with Crippen LogP contribution in [-0.2, 0) is 0 Å². The van der Waals surface area contributed by atoms with Crippen molar-refractivity contribution in [2.45, 2.75) is 65.4 Å². The molecular weight excluding hydrogens is 220 g/mol. The molecule has 0 saturated heterocycles. The van der Waals surface area contributed by atoms with Crippen molar-refractivity contribution in [1.82, 2.24) is 0 Å². The summed E-state index contributed by atoms with van der Waals surface area (Å²) in [5.41, 5.74) is 1.95. The van der Waals surface area contributed by atoms with Crippen molar-refractivity contribution in [2.24, 2.45) is 5.92 Å². The molecule has 0 heterocycles. The van der Waals surface area contributed by atoms with Crippen molar-refractivity contribution in [3.8, 4) is 0 Å². The van der Waals surface area contributed by atoms with Crippen LogP contribution in [0, 0.1) is 5.92 Å². The van der Waals surface area contributed by atoms with E-state index in [0.717, 1.165) is 6.42 Å². The van der Waals surface area contributed by atoms with Crippen molar-refractivity contribution >= 4 is 0 Å². The highest BCUT2D eigenvalue weighted by Crippen LogP contribution is 2.34. The van der Waals surface area contributed by atoms with E-state index in [1.807, 2.05) is 13.8 Å². The molecule has 1 aromatic carbocycles. The summed E-state index contributed by atoms with van der Waals surface area (Å²) >= 11 is 0. The Kier molecular flexibility index (Phi) is 4.98. The van der Waals surface area contributed by atoms with E-state index >= 15 is 0 Å². The largest absolute Gasteiger partial charge is 0.390 e. The Morgan fingerprint density at radius 3 is 1.72 bits per heavy atom. The Bertz CT molecular complexity index is 354. The lowest BCUT2D eigenvalue weighted by Gasteiger charge is -2.31. The minimum atomic E-state index is -0.663. The van der Waals surface area contributed by atoms with Gasteiger partial charge in [-0.25, -0.2) is 0 Å². The first-order chi connectivity index (χ1) is 8.21. The fourth-order valence-corrected chi connectivity index (χ4v) is 2.42. The maximum atomic E-state index is 10.4. The van der Waals surface area contributed by atoms with E-state index < -0.39 is 5.60 Å². The van der Waals surface area contributed by atoms with Crippen LogP contribution in [0.1, 0.15) is 70.9 Å². The molecule has 1 rings (SSSR count). The van der Waals surface area contributed by atoms with Crippen molar-refractivity contribution in [3.05, 3.63) is 35.4 Å². The van der Waals surface area contributed by atoms with Crippen LogP contribution in [0.2, 0.25) is 0 Å². The molecule has 0 aliphatic carbocycles. The zero-order valence-electron chi connectivity index (χ0n) is 12.7. The maximum absolute atomic E-state index is 10.4. The lowest BCUT2D eigenvalue weighted by atomic mass is 9.79. The maximum Gasteiger partial charge on any atom is 0.0660 e. The predicted molar refractivity (Wildman–Crippen MR) is 79.0 cm³/mol. The first kappa shape index (κ1) is 15.2. The van der Waals surface area contributed by atoms with Crippen molar-refractivity contribution < 1.29 is 5.11 Å². The molecule has 0 amide bonds. The normalized spacial score (nSPS) is 14.3. The van der Waals surface area contributed by atoms with E-state index in [1.165, 1.54) is 11.1 Å². The van der Waals surface area contributed by atoms with Gasteiger partial charge in [0.2, 0.25) is 0 Å². The Balaban J connectivity index is 2.99. The van der Waals surface area contributed by atoms with Crippen LogP contribution < -0.4 is 0 Å². The molecule has 18 heavy (non-hydrogen) atoms. The number of benzene rings is 1. The number of hydrogen-bond donors (Lipinski definition) is 1. The lowest BCUT2D eigenvalue weighted by molar-refractivity contribution is 0.0421. The van der Waals surface area contributed by atoms with Gasteiger partial charge in [-0.3, -0.25) is 0 Å². The fraction of sp³-hybridized carbons (Fsp3) is 0.647. The van der Waals surface area contributed by atoms with E-state index in [4.69, 9.17) is 0 Å². The second-order valence-corrected chi connectivity index (χ2v) is 6.66. The SMILES string of the molecule is CC(C)CC(c1ccc(C(C)C)cc1)C(C)(C)O. The minimum Gasteiger partial charge on any atom is -0.390 e. The van der Waals surface area contributed by atoms with E-state index in [2.05, 4.69) is 52.0 Å². The molecule has 1 N–H and O–H groups in total. The summed E-state index contributed by atoms with van der Waals surface area (Å²) in [5, 5.41) is 10.4. The third-order valence-corrected chi connectivity index (χ3v) is 3.57. The third kappa shape index (κ3) is 4.13. The monoisotopic (exact) mass is 248 g/mol. The van der Waals surface area contributed by atoms with E-state index in [-0.39, 0.29) is 5.92 Å². The van der Waals surface area contributed by atoms with Gasteiger partial charge in [-0.2, -0.15) is 0 Å². The smallest absolute Gasteiger partial charge is 0.0660 e. The molecule has 1 atom stereocenters. The molecule has 1 heteroatoms. The standard InChI is InChI=1S/C17H28O/c1-12(2)11-16(17(5,6)18)15-9-7-14(8-10-15)13(3)4/h7-10,12-13,16,18H,11H2,1-6H3. The highest BCUT2D eigenvalue weighted by molar-refractivity contribution is 5.28. The highest BCUT2D eigenvalue weighted by Gasteiger charge is 2.28. The van der Waals surface area contributed by atoms with Gasteiger partial charge in [-0.05, 0) is 43.2 Å². The summed E-state index contributed by atoms with van der Waals surface area (Å²) < 4.78 is 0. The van der Waals surface area contributed by atoms with Gasteiger partial charge >= 0.3 is 0 Å². The number of hydrogen-bond acceptors (Lipinski definition) is 1. The molecule has 102 valence electrons. The third-order valence-electron chi connectivity index (χ3n) is 3.57. The zero-order chi connectivity index (χ0) is 13.9. The Labute approximate surface area is 112 Å². The summed E-state index contributed by atoms with van der Waals surface area (Å²) in [6.07, 6.45) is 1.02. The molecule has 0 aliphatic rings. The van der Waals surface area contributed by atoms with Crippen molar-refractivity contribution in [1.29, 1.82) is 0 Å². The topological polar surface area (TPSA) is 20.2 Å². The van der Waals surface area contributed by atoms with Crippen LogP contribution in [0.15, 0.2) is 24.3 Å². The Morgan fingerprint density at radius 1 is 0.944 bits per heavy atom. The molecule has 1 nitrogen and oxygen atoms in total. The first-order valence-electron chi connectivity index (χ1n) is 7.04. The fourth-order valence-electron chi connectivity index (χ4n) is 2.42. The van der Waals surface area contributed by atoms with Crippen LogP contribution in [-0.4, -0.2) is 10.7 Å². The van der Waals surface area contributed by atoms with Gasteiger partial charge in [-0.1, -0.05) is 52.0 Å². The highest BCUT2D eigenvalue weighted by atomic mass is 16.3. The van der Waals surface area contributed by atoms with Crippen molar-refractivity contribution in [3.63, 3.8) is 0 Å². The quantitative estimate of drug-likeness (QED) is 0.800. The van der Waals surface area contributed by atoms with Crippen LogP contribution in [0.25, 0.3) is 0 Å². The zero-order valence-corrected chi connectivity index (χ0v) is 12.7. The summed E-state index contributed by atoms with van der Waals surface area (Å²) in [5.74, 6) is 1.36. The van der Waals surface area contributed by atoms with Crippen molar-refractivity contribution in [2.75, 3.05) is 0 Å². The van der Waals surface area contributed by atoms with Crippen LogP contribution in [0.4, 0.5) is 0 Å². The lowest BCUT2D eigenvalue weighted by Crippen LogP contribution is -2.30. The molecule has 1 unspecified atom stereocenters. The van der Waals surface area contributed by atoms with Crippen LogP contribution in [0.3, 0.4) is 0 Å². The summed E-state index contributed by atoms with van der Waals surface area (Å²) in [4.78, 5) is 0. The van der Waals surface area contributed by atoms with Gasteiger partial charge in [0.05, 0.1) is 5.60 Å². The molecule has 0 aromatic heterocycles. The molecule has 0 fully saturated rings. The summed E-state index contributed by atoms with van der Waals surface area (Å²) in [7, 11) is 0. The summed E-state index contributed by atoms with van der Waals surface area (Å²) in [6, 6.07) is 8.75. The molecule has 0 saturated carbocycles. The molecular formula is C17H28O. The average Bonchev–Trinajstić information content (AvgIpc) is 2.24. The molecule has 1 aromatic rings. The van der Waals surface area contributed by atoms with Gasteiger partial charge in [0.15, 0.2) is 0 Å². The van der Waals surface area contributed by atoms with Gasteiger partial charge in [0.1, 0.15) is 0 Å². The molecule has 0 bridgehead atoms. The average molecular weight is 248 g/mol. The van der Waals surface area contributed by atoms with E-state index in [9.17, 15) is 5.11 Å². The van der Waals surface area contributed by atoms with E-state index in [1.54, 1.807) is 0 Å². The van der Waals surface area contributed by atoms with Crippen LogP contribution >= 0.6 is 0 Å². The van der Waals surface area contributed by atoms with Gasteiger partial charge < -0.3 is 5.11 Å². The minimum absolute atomic E-state index is 0.207.